The summed E-state index contributed by atoms with van der Waals surface area (Å²) >= 11 is 1.66. The van der Waals surface area contributed by atoms with Crippen molar-refractivity contribution in [3.05, 3.63) is 16.8 Å². The number of aromatic nitrogens is 2. The average molecular weight is 223 g/mol. The van der Waals surface area contributed by atoms with Crippen LogP contribution in [-0.2, 0) is 0 Å². The summed E-state index contributed by atoms with van der Waals surface area (Å²) < 4.78 is 0. The van der Waals surface area contributed by atoms with Crippen molar-refractivity contribution in [3.63, 3.8) is 0 Å². The summed E-state index contributed by atoms with van der Waals surface area (Å²) in [6.45, 7) is 4.55. The molecule has 4 nitrogen and oxygen atoms in total. The first kappa shape index (κ1) is 10.3. The van der Waals surface area contributed by atoms with Crippen LogP contribution in [0.1, 0.15) is 10.7 Å². The van der Waals surface area contributed by atoms with Crippen LogP contribution in [-0.4, -0.2) is 28.2 Å². The monoisotopic (exact) mass is 223 g/mol. The Labute approximate surface area is 92.0 Å². The van der Waals surface area contributed by atoms with E-state index in [-0.39, 0.29) is 6.61 Å². The van der Waals surface area contributed by atoms with Crippen LogP contribution in [0.3, 0.4) is 0 Å². The van der Waals surface area contributed by atoms with E-state index in [2.05, 4.69) is 28.3 Å². The number of rotatable bonds is 3. The first-order valence-electron chi connectivity index (χ1n) is 4.80. The van der Waals surface area contributed by atoms with Gasteiger partial charge in [0.25, 0.3) is 0 Å². The van der Waals surface area contributed by atoms with Crippen LogP contribution in [0.15, 0.2) is 6.07 Å². The second kappa shape index (κ2) is 4.12. The number of aliphatic hydroxyl groups is 1. The van der Waals surface area contributed by atoms with Gasteiger partial charge in [0.05, 0.1) is 12.0 Å². The van der Waals surface area contributed by atoms with Crippen LogP contribution in [0, 0.1) is 13.8 Å². The van der Waals surface area contributed by atoms with Crippen LogP contribution in [0.5, 0.6) is 0 Å². The summed E-state index contributed by atoms with van der Waals surface area (Å²) in [6.07, 6.45) is 0. The minimum atomic E-state index is 0.105. The number of aliphatic hydroxyl groups excluding tert-OH is 1. The van der Waals surface area contributed by atoms with Gasteiger partial charge >= 0.3 is 0 Å². The molecule has 0 spiro atoms. The highest BCUT2D eigenvalue weighted by Crippen LogP contribution is 2.28. The van der Waals surface area contributed by atoms with Crippen LogP contribution in [0.2, 0.25) is 0 Å². The molecule has 5 heteroatoms. The summed E-state index contributed by atoms with van der Waals surface area (Å²) in [5.74, 6) is 1.57. The predicted octanol–water partition coefficient (Wildman–Crippen LogP) is 1.71. The predicted molar refractivity (Wildman–Crippen MR) is 62.5 cm³/mol. The minimum Gasteiger partial charge on any atom is -0.395 e. The molecular formula is C10H13N3OS. The van der Waals surface area contributed by atoms with Gasteiger partial charge in [-0.05, 0) is 19.9 Å². The molecule has 0 aliphatic rings. The van der Waals surface area contributed by atoms with Gasteiger partial charge in [-0.2, -0.15) is 0 Å². The molecule has 2 heterocycles. The SMILES string of the molecule is Cc1nc(NCCO)c2cc(C)sc2n1. The number of thiophene rings is 1. The quantitative estimate of drug-likeness (QED) is 0.831. The van der Waals surface area contributed by atoms with Crippen molar-refractivity contribution in [2.24, 2.45) is 0 Å². The maximum Gasteiger partial charge on any atom is 0.138 e. The number of fused-ring (bicyclic) bond motifs is 1. The molecule has 0 aliphatic heterocycles. The van der Waals surface area contributed by atoms with Crippen LogP contribution in [0.4, 0.5) is 5.82 Å². The van der Waals surface area contributed by atoms with E-state index in [1.807, 2.05) is 6.92 Å². The van der Waals surface area contributed by atoms with Gasteiger partial charge < -0.3 is 10.4 Å². The van der Waals surface area contributed by atoms with Crippen LogP contribution < -0.4 is 5.32 Å². The molecule has 0 aliphatic carbocycles. The Balaban J connectivity index is 2.50. The third-order valence-corrected chi connectivity index (χ3v) is 2.98. The minimum absolute atomic E-state index is 0.105. The molecule has 0 aromatic carbocycles. The van der Waals surface area contributed by atoms with Gasteiger partial charge in [0, 0.05) is 11.4 Å². The van der Waals surface area contributed by atoms with Crippen LogP contribution >= 0.6 is 11.3 Å². The van der Waals surface area contributed by atoms with Crippen molar-refractivity contribution in [1.29, 1.82) is 0 Å². The Morgan fingerprint density at radius 2 is 2.20 bits per heavy atom. The third-order valence-electron chi connectivity index (χ3n) is 2.03. The van der Waals surface area contributed by atoms with Gasteiger partial charge in [0.15, 0.2) is 0 Å². The molecule has 0 fully saturated rings. The Bertz CT molecular complexity index is 481. The van der Waals surface area contributed by atoms with Gasteiger partial charge in [0.1, 0.15) is 16.5 Å². The zero-order valence-electron chi connectivity index (χ0n) is 8.74. The maximum atomic E-state index is 8.77. The molecule has 0 saturated carbocycles. The first-order valence-corrected chi connectivity index (χ1v) is 5.62. The Morgan fingerprint density at radius 1 is 1.40 bits per heavy atom. The molecule has 0 atom stereocenters. The van der Waals surface area contributed by atoms with E-state index in [1.165, 1.54) is 4.88 Å². The molecule has 2 rings (SSSR count). The molecule has 0 radical (unpaired) electrons. The van der Waals surface area contributed by atoms with Crippen molar-refractivity contribution in [2.45, 2.75) is 13.8 Å². The lowest BCUT2D eigenvalue weighted by Crippen LogP contribution is -2.08. The van der Waals surface area contributed by atoms with Crippen molar-refractivity contribution < 1.29 is 5.11 Å². The maximum absolute atomic E-state index is 8.77. The number of hydrogen-bond donors (Lipinski definition) is 2. The molecule has 80 valence electrons. The van der Waals surface area contributed by atoms with Crippen LogP contribution in [0.25, 0.3) is 10.2 Å². The van der Waals surface area contributed by atoms with Crippen molar-refractivity contribution in [3.8, 4) is 0 Å². The molecule has 2 aromatic rings. The molecule has 0 bridgehead atoms. The summed E-state index contributed by atoms with van der Waals surface area (Å²) in [4.78, 5) is 10.9. The standard InChI is InChI=1S/C10H13N3OS/c1-6-5-8-9(11-3-4-14)12-7(2)13-10(8)15-6/h5,14H,3-4H2,1-2H3,(H,11,12,13). The van der Waals surface area contributed by atoms with E-state index in [1.54, 1.807) is 11.3 Å². The third kappa shape index (κ3) is 2.08. The zero-order valence-corrected chi connectivity index (χ0v) is 9.56. The van der Waals surface area contributed by atoms with Gasteiger partial charge in [-0.15, -0.1) is 11.3 Å². The normalized spacial score (nSPS) is 10.9. The van der Waals surface area contributed by atoms with E-state index >= 15 is 0 Å². The van der Waals surface area contributed by atoms with E-state index in [0.717, 1.165) is 21.9 Å². The van der Waals surface area contributed by atoms with Gasteiger partial charge in [-0.25, -0.2) is 9.97 Å². The number of aryl methyl sites for hydroxylation is 2. The highest BCUT2D eigenvalue weighted by molar-refractivity contribution is 7.18. The Kier molecular flexibility index (Phi) is 2.83. The highest BCUT2D eigenvalue weighted by Gasteiger charge is 2.07. The van der Waals surface area contributed by atoms with Crippen molar-refractivity contribution in [1.82, 2.24) is 9.97 Å². The molecule has 15 heavy (non-hydrogen) atoms. The largest absolute Gasteiger partial charge is 0.395 e. The van der Waals surface area contributed by atoms with E-state index < -0.39 is 0 Å². The molecule has 0 unspecified atom stereocenters. The fraction of sp³-hybridized carbons (Fsp3) is 0.400. The lowest BCUT2D eigenvalue weighted by Gasteiger charge is -2.05. The Hall–Kier alpha value is -1.20. The second-order valence-corrected chi connectivity index (χ2v) is 4.58. The molecule has 0 saturated heterocycles. The molecular weight excluding hydrogens is 210 g/mol. The summed E-state index contributed by atoms with van der Waals surface area (Å²) in [5, 5.41) is 12.9. The van der Waals surface area contributed by atoms with Gasteiger partial charge in [0.2, 0.25) is 0 Å². The zero-order chi connectivity index (χ0) is 10.8. The Morgan fingerprint density at radius 3 is 2.93 bits per heavy atom. The molecule has 2 aromatic heterocycles. The lowest BCUT2D eigenvalue weighted by molar-refractivity contribution is 0.311. The summed E-state index contributed by atoms with van der Waals surface area (Å²) in [6, 6.07) is 2.07. The number of nitrogens with zero attached hydrogens (tertiary/aromatic N) is 2. The molecule has 0 amide bonds. The number of hydrogen-bond acceptors (Lipinski definition) is 5. The van der Waals surface area contributed by atoms with E-state index in [0.29, 0.717) is 6.54 Å². The van der Waals surface area contributed by atoms with E-state index in [4.69, 9.17) is 5.11 Å². The summed E-state index contributed by atoms with van der Waals surface area (Å²) in [7, 11) is 0. The highest BCUT2D eigenvalue weighted by atomic mass is 32.1. The fourth-order valence-electron chi connectivity index (χ4n) is 1.46. The lowest BCUT2D eigenvalue weighted by atomic mass is 10.3. The molecule has 2 N–H and O–H groups in total. The first-order chi connectivity index (χ1) is 7.20. The smallest absolute Gasteiger partial charge is 0.138 e. The number of nitrogens with one attached hydrogen (secondary N) is 1. The topological polar surface area (TPSA) is 58.0 Å². The number of anilines is 1. The second-order valence-electron chi connectivity index (χ2n) is 3.35. The van der Waals surface area contributed by atoms with Crippen molar-refractivity contribution >= 4 is 27.4 Å². The van der Waals surface area contributed by atoms with Gasteiger partial charge in [-0.1, -0.05) is 0 Å². The summed E-state index contributed by atoms with van der Waals surface area (Å²) in [5.41, 5.74) is 0. The average Bonchev–Trinajstić information content (AvgIpc) is 2.54. The fourth-order valence-corrected chi connectivity index (χ4v) is 2.38. The van der Waals surface area contributed by atoms with E-state index in [9.17, 15) is 0 Å². The van der Waals surface area contributed by atoms with Crippen molar-refractivity contribution in [2.75, 3.05) is 18.5 Å². The van der Waals surface area contributed by atoms with Gasteiger partial charge in [-0.3, -0.25) is 0 Å².